The summed E-state index contributed by atoms with van der Waals surface area (Å²) in [5.74, 6) is -1.09. The van der Waals surface area contributed by atoms with E-state index < -0.39 is 23.3 Å². The number of nitrogens with one attached hydrogen (secondary N) is 1. The second kappa shape index (κ2) is 9.28. The first-order valence-electron chi connectivity index (χ1n) is 12.6. The van der Waals surface area contributed by atoms with Crippen molar-refractivity contribution in [3.8, 4) is 11.1 Å². The lowest BCUT2D eigenvalue weighted by molar-refractivity contribution is -0.165. The molecule has 3 aromatic heterocycles. The van der Waals surface area contributed by atoms with Crippen molar-refractivity contribution in [3.63, 3.8) is 0 Å². The van der Waals surface area contributed by atoms with E-state index in [2.05, 4.69) is 25.5 Å². The minimum absolute atomic E-state index is 0.0872. The second-order valence-electron chi connectivity index (χ2n) is 10.2. The number of carbonyl (C=O) groups excluding carboxylic acids is 1. The molecule has 6 rings (SSSR count). The van der Waals surface area contributed by atoms with Crippen LogP contribution in [0.4, 0.5) is 23.4 Å². The molecule has 0 aliphatic heterocycles. The maximum atomic E-state index is 14.8. The number of hydrogen-bond acceptors (Lipinski definition) is 6. The molecule has 0 saturated heterocycles. The number of alkyl halides is 3. The average molecular weight is 541 g/mol. The molecule has 202 valence electrons. The molecule has 1 amide bonds. The third-order valence-electron chi connectivity index (χ3n) is 7.37. The van der Waals surface area contributed by atoms with Gasteiger partial charge in [0.05, 0.1) is 18.7 Å². The molecule has 0 bridgehead atoms. The third-order valence-corrected chi connectivity index (χ3v) is 7.37. The lowest BCUT2D eigenvalue weighted by atomic mass is 10.0. The smallest absolute Gasteiger partial charge is 0.358 e. The number of halogens is 4. The van der Waals surface area contributed by atoms with Crippen LogP contribution >= 0.6 is 0 Å². The highest BCUT2D eigenvalue weighted by Crippen LogP contribution is 2.59. The van der Waals surface area contributed by atoms with Gasteiger partial charge >= 0.3 is 6.18 Å². The number of aromatic nitrogens is 5. The Balaban J connectivity index is 1.08. The summed E-state index contributed by atoms with van der Waals surface area (Å²) in [7, 11) is 0. The Bertz CT molecular complexity index is 1530. The van der Waals surface area contributed by atoms with Crippen molar-refractivity contribution in [3.05, 3.63) is 77.1 Å². The molecule has 1 aromatic carbocycles. The van der Waals surface area contributed by atoms with E-state index >= 15 is 0 Å². The number of anilines is 1. The van der Waals surface area contributed by atoms with E-state index in [1.165, 1.54) is 12.1 Å². The van der Waals surface area contributed by atoms with E-state index in [1.807, 2.05) is 17.8 Å². The third kappa shape index (κ3) is 4.90. The molecule has 2 aliphatic carbocycles. The van der Waals surface area contributed by atoms with Crippen molar-refractivity contribution in [1.29, 1.82) is 0 Å². The molecule has 3 heterocycles. The summed E-state index contributed by atoms with van der Waals surface area (Å²) in [5, 5.41) is 10.4. The van der Waals surface area contributed by atoms with Gasteiger partial charge in [0.25, 0.3) is 0 Å². The second-order valence-corrected chi connectivity index (χ2v) is 10.2. The topological polar surface area (TPSA) is 98.7 Å². The SMILES string of the molecule is Cc1c(Cc2ncc(-c3ccc(CC(=O)Nc4cc(C5(C(F)(F)F)CC5)on4)c(F)c3)cn2)cnn1C1CC1. The minimum Gasteiger partial charge on any atom is -0.358 e. The van der Waals surface area contributed by atoms with Crippen LogP contribution in [0.1, 0.15) is 60.1 Å². The monoisotopic (exact) mass is 540 g/mol. The highest BCUT2D eigenvalue weighted by Gasteiger charge is 2.66. The predicted octanol–water partition coefficient (Wildman–Crippen LogP) is 5.48. The molecule has 1 N–H and O–H groups in total. The molecule has 12 heteroatoms. The summed E-state index contributed by atoms with van der Waals surface area (Å²) in [5.41, 5.74) is 1.43. The van der Waals surface area contributed by atoms with Gasteiger partial charge in [-0.1, -0.05) is 17.3 Å². The van der Waals surface area contributed by atoms with Crippen molar-refractivity contribution in [1.82, 2.24) is 24.9 Å². The first-order chi connectivity index (χ1) is 18.6. The normalized spacial score (nSPS) is 16.3. The van der Waals surface area contributed by atoms with Gasteiger partial charge in [-0.05, 0) is 49.8 Å². The van der Waals surface area contributed by atoms with Gasteiger partial charge in [0.2, 0.25) is 5.91 Å². The summed E-state index contributed by atoms with van der Waals surface area (Å²) in [6, 6.07) is 5.99. The van der Waals surface area contributed by atoms with Gasteiger partial charge in [-0.3, -0.25) is 9.48 Å². The summed E-state index contributed by atoms with van der Waals surface area (Å²) >= 11 is 0. The van der Waals surface area contributed by atoms with Gasteiger partial charge in [0.15, 0.2) is 11.6 Å². The molecule has 8 nitrogen and oxygen atoms in total. The summed E-state index contributed by atoms with van der Waals surface area (Å²) < 4.78 is 61.5. The Morgan fingerprint density at radius 2 is 1.85 bits per heavy atom. The highest BCUT2D eigenvalue weighted by molar-refractivity contribution is 5.91. The number of amides is 1. The zero-order chi connectivity index (χ0) is 27.4. The molecule has 0 spiro atoms. The van der Waals surface area contributed by atoms with Crippen molar-refractivity contribution in [2.24, 2.45) is 0 Å². The van der Waals surface area contributed by atoms with Crippen LogP contribution < -0.4 is 5.32 Å². The van der Waals surface area contributed by atoms with Crippen LogP contribution in [0, 0.1) is 12.7 Å². The average Bonchev–Trinajstić information content (AvgIpc) is 3.82. The first kappa shape index (κ1) is 25.2. The van der Waals surface area contributed by atoms with Crippen LogP contribution in [-0.4, -0.2) is 37.0 Å². The Hall–Kier alpha value is -4.09. The molecule has 2 aliphatic rings. The standard InChI is InChI=1S/C27H24F4N6O2/c1-15-18(14-34-37(15)20-4-5-20)9-23-32-12-19(13-33-23)16-2-3-17(21(28)8-16)10-25(38)35-24-11-22(39-36-24)26(6-7-26)27(29,30)31/h2-3,8,11-14,20H,4-7,9-10H2,1H3,(H,35,36,38). The predicted molar refractivity (Wildman–Crippen MR) is 131 cm³/mol. The van der Waals surface area contributed by atoms with Gasteiger partial charge in [-0.2, -0.15) is 18.3 Å². The summed E-state index contributed by atoms with van der Waals surface area (Å²) in [6.07, 6.45) is 2.99. The maximum absolute atomic E-state index is 14.8. The van der Waals surface area contributed by atoms with E-state index in [1.54, 1.807) is 18.5 Å². The molecule has 4 aromatic rings. The number of rotatable bonds is 8. The molecular formula is C27H24F4N6O2. The zero-order valence-corrected chi connectivity index (χ0v) is 20.9. The molecule has 0 radical (unpaired) electrons. The zero-order valence-electron chi connectivity index (χ0n) is 20.9. The van der Waals surface area contributed by atoms with Gasteiger partial charge in [0.1, 0.15) is 17.1 Å². The molecule has 0 unspecified atom stereocenters. The highest BCUT2D eigenvalue weighted by atomic mass is 19.4. The van der Waals surface area contributed by atoms with Crippen LogP contribution in [-0.2, 0) is 23.1 Å². The van der Waals surface area contributed by atoms with Crippen molar-refractivity contribution >= 4 is 11.7 Å². The fourth-order valence-corrected chi connectivity index (χ4v) is 4.67. The van der Waals surface area contributed by atoms with Crippen molar-refractivity contribution in [2.75, 3.05) is 5.32 Å². The van der Waals surface area contributed by atoms with Gasteiger partial charge in [-0.25, -0.2) is 14.4 Å². The van der Waals surface area contributed by atoms with Crippen LogP contribution in [0.15, 0.2) is 47.4 Å². The number of nitrogens with zero attached hydrogens (tertiary/aromatic N) is 5. The van der Waals surface area contributed by atoms with Crippen LogP contribution in [0.25, 0.3) is 11.1 Å². The Morgan fingerprint density at radius 3 is 2.49 bits per heavy atom. The van der Waals surface area contributed by atoms with Gasteiger partial charge in [-0.15, -0.1) is 0 Å². The largest absolute Gasteiger partial charge is 0.401 e. The molecule has 2 saturated carbocycles. The number of carbonyl (C=O) groups is 1. The minimum atomic E-state index is -4.46. The van der Waals surface area contributed by atoms with Gasteiger partial charge in [0, 0.05) is 41.7 Å². The molecule has 0 atom stereocenters. The van der Waals surface area contributed by atoms with E-state index in [0.717, 1.165) is 30.2 Å². The number of hydrogen-bond donors (Lipinski definition) is 1. The molecular weight excluding hydrogens is 516 g/mol. The quantitative estimate of drug-likeness (QED) is 0.298. The number of benzene rings is 1. The van der Waals surface area contributed by atoms with Crippen LogP contribution in [0.3, 0.4) is 0 Å². The van der Waals surface area contributed by atoms with E-state index in [0.29, 0.717) is 29.4 Å². The Morgan fingerprint density at radius 1 is 1.10 bits per heavy atom. The van der Waals surface area contributed by atoms with Gasteiger partial charge < -0.3 is 9.84 Å². The Labute approximate surface area is 220 Å². The Kier molecular flexibility index (Phi) is 6.00. The molecule has 2 fully saturated rings. The van der Waals surface area contributed by atoms with Crippen molar-refractivity contribution in [2.45, 2.75) is 63.1 Å². The lowest BCUT2D eigenvalue weighted by Gasteiger charge is -2.14. The van der Waals surface area contributed by atoms with Crippen molar-refractivity contribution < 1.29 is 26.9 Å². The summed E-state index contributed by atoms with van der Waals surface area (Å²) in [6.45, 7) is 2.04. The fourth-order valence-electron chi connectivity index (χ4n) is 4.67. The van der Waals surface area contributed by atoms with E-state index in [-0.39, 0.29) is 36.4 Å². The summed E-state index contributed by atoms with van der Waals surface area (Å²) in [4.78, 5) is 21.3. The lowest BCUT2D eigenvalue weighted by Crippen LogP contribution is -2.28. The molecule has 39 heavy (non-hydrogen) atoms. The first-order valence-corrected chi connectivity index (χ1v) is 12.6. The van der Waals surface area contributed by atoms with E-state index in [4.69, 9.17) is 4.52 Å². The maximum Gasteiger partial charge on any atom is 0.401 e. The van der Waals surface area contributed by atoms with Crippen LogP contribution in [0.2, 0.25) is 0 Å². The van der Waals surface area contributed by atoms with Crippen LogP contribution in [0.5, 0.6) is 0 Å². The van der Waals surface area contributed by atoms with E-state index in [9.17, 15) is 22.4 Å². The fraction of sp³-hybridized carbons (Fsp3) is 0.370.